The molecule has 1 rings (SSSR count). The van der Waals surface area contributed by atoms with E-state index < -0.39 is 0 Å². The van der Waals surface area contributed by atoms with E-state index in [4.69, 9.17) is 12.8 Å². The molecule has 62 valence electrons. The topological polar surface area (TPSA) is 0 Å². The van der Waals surface area contributed by atoms with Crippen molar-refractivity contribution in [1.82, 2.24) is 0 Å². The molecule has 0 unspecified atom stereocenters. The van der Waals surface area contributed by atoms with Crippen LogP contribution in [0.1, 0.15) is 5.56 Å². The van der Waals surface area contributed by atoms with Crippen molar-refractivity contribution in [1.29, 1.82) is 0 Å². The number of rotatable bonds is 1. The largest absolute Gasteiger partial charge is 0.207 e. The van der Waals surface area contributed by atoms with Gasteiger partial charge in [0.25, 0.3) is 0 Å². The number of hydrogen-bond donors (Lipinski definition) is 0. The van der Waals surface area contributed by atoms with Crippen LogP contribution in [0.4, 0.5) is 4.39 Å². The van der Waals surface area contributed by atoms with E-state index in [-0.39, 0.29) is 5.82 Å². The smallest absolute Gasteiger partial charge is 0.123 e. The summed E-state index contributed by atoms with van der Waals surface area (Å²) >= 11 is 0. The molecule has 0 N–H and O–H groups in total. The van der Waals surface area contributed by atoms with Crippen LogP contribution in [0.2, 0.25) is 0 Å². The maximum atomic E-state index is 12.5. The Hall–Kier alpha value is -1.99. The van der Waals surface area contributed by atoms with E-state index >= 15 is 0 Å². The summed E-state index contributed by atoms with van der Waals surface area (Å²) in [5.74, 6) is 4.48. The van der Waals surface area contributed by atoms with Gasteiger partial charge in [-0.2, -0.15) is 0 Å². The van der Waals surface area contributed by atoms with Crippen molar-refractivity contribution in [3.05, 3.63) is 41.7 Å². The number of terminal acetylenes is 2. The fourth-order valence-electron chi connectivity index (χ4n) is 0.921. The van der Waals surface area contributed by atoms with Crippen LogP contribution in [0.3, 0.4) is 0 Å². The molecule has 0 aliphatic rings. The van der Waals surface area contributed by atoms with Gasteiger partial charge in [0.05, 0.1) is 0 Å². The van der Waals surface area contributed by atoms with E-state index in [1.165, 1.54) is 18.2 Å². The highest BCUT2D eigenvalue weighted by Crippen LogP contribution is 2.13. The molecule has 0 fully saturated rings. The first-order valence-corrected chi connectivity index (χ1v) is 3.67. The normalized spacial score (nSPS) is 10.2. The summed E-state index contributed by atoms with van der Waals surface area (Å²) in [6, 6.07) is 5.88. The molecule has 0 aromatic heterocycles. The van der Waals surface area contributed by atoms with Crippen molar-refractivity contribution in [2.45, 2.75) is 0 Å². The van der Waals surface area contributed by atoms with Gasteiger partial charge >= 0.3 is 0 Å². The van der Waals surface area contributed by atoms with Crippen molar-refractivity contribution < 1.29 is 4.39 Å². The van der Waals surface area contributed by atoms with E-state index in [2.05, 4.69) is 11.8 Å². The minimum absolute atomic E-state index is 0.291. The lowest BCUT2D eigenvalue weighted by atomic mass is 10.1. The Morgan fingerprint density at radius 2 is 1.85 bits per heavy atom. The van der Waals surface area contributed by atoms with E-state index in [1.54, 1.807) is 12.1 Å². The van der Waals surface area contributed by atoms with Crippen LogP contribution in [-0.2, 0) is 0 Å². The second-order valence-electron chi connectivity index (χ2n) is 2.38. The van der Waals surface area contributed by atoms with Crippen LogP contribution < -0.4 is 0 Å². The monoisotopic (exact) mass is 170 g/mol. The lowest BCUT2D eigenvalue weighted by Gasteiger charge is -1.97. The Morgan fingerprint density at radius 1 is 1.23 bits per heavy atom. The molecular formula is C12H7F. The highest BCUT2D eigenvalue weighted by Gasteiger charge is 1.96. The molecule has 1 heteroatoms. The second kappa shape index (κ2) is 4.14. The Morgan fingerprint density at radius 3 is 2.31 bits per heavy atom. The summed E-state index contributed by atoms with van der Waals surface area (Å²) in [5, 5.41) is 0. The van der Waals surface area contributed by atoms with Gasteiger partial charge in [-0.05, 0) is 17.7 Å². The minimum Gasteiger partial charge on any atom is -0.207 e. The SMILES string of the molecule is C#C/C=C(\C#C)c1ccc(F)cc1. The molecule has 0 nitrogen and oxygen atoms in total. The van der Waals surface area contributed by atoms with Crippen LogP contribution >= 0.6 is 0 Å². The Labute approximate surface area is 77.1 Å². The van der Waals surface area contributed by atoms with Gasteiger partial charge in [-0.25, -0.2) is 4.39 Å². The van der Waals surface area contributed by atoms with Gasteiger partial charge in [-0.3, -0.25) is 0 Å². The average molecular weight is 170 g/mol. The van der Waals surface area contributed by atoms with E-state index in [0.29, 0.717) is 5.57 Å². The minimum atomic E-state index is -0.291. The molecule has 0 amide bonds. The lowest BCUT2D eigenvalue weighted by Crippen LogP contribution is -1.81. The van der Waals surface area contributed by atoms with Crippen LogP contribution in [-0.4, -0.2) is 0 Å². The first-order chi connectivity index (χ1) is 6.27. The molecule has 1 aromatic rings. The first-order valence-electron chi connectivity index (χ1n) is 3.67. The van der Waals surface area contributed by atoms with Gasteiger partial charge in [-0.15, -0.1) is 12.8 Å². The van der Waals surface area contributed by atoms with Crippen molar-refractivity contribution in [2.75, 3.05) is 0 Å². The molecule has 0 spiro atoms. The maximum absolute atomic E-state index is 12.5. The summed E-state index contributed by atoms with van der Waals surface area (Å²) in [4.78, 5) is 0. The summed E-state index contributed by atoms with van der Waals surface area (Å²) in [5.41, 5.74) is 1.34. The number of hydrogen-bond acceptors (Lipinski definition) is 0. The highest BCUT2D eigenvalue weighted by molar-refractivity contribution is 5.79. The van der Waals surface area contributed by atoms with E-state index in [9.17, 15) is 4.39 Å². The summed E-state index contributed by atoms with van der Waals surface area (Å²) in [7, 11) is 0. The van der Waals surface area contributed by atoms with E-state index in [0.717, 1.165) is 5.56 Å². The van der Waals surface area contributed by atoms with Crippen LogP contribution in [0.25, 0.3) is 5.57 Å². The Bertz CT molecular complexity index is 396. The predicted molar refractivity (Wildman–Crippen MR) is 52.0 cm³/mol. The van der Waals surface area contributed by atoms with Crippen molar-refractivity contribution in [3.63, 3.8) is 0 Å². The molecule has 0 atom stereocenters. The molecule has 0 heterocycles. The zero-order valence-corrected chi connectivity index (χ0v) is 6.92. The molecule has 0 bridgehead atoms. The third-order valence-corrected chi connectivity index (χ3v) is 1.54. The van der Waals surface area contributed by atoms with Gasteiger partial charge < -0.3 is 0 Å². The summed E-state index contributed by atoms with van der Waals surface area (Å²) < 4.78 is 12.5. The van der Waals surface area contributed by atoms with Crippen LogP contribution in [0.15, 0.2) is 30.3 Å². The number of halogens is 1. The number of benzene rings is 1. The zero-order valence-electron chi connectivity index (χ0n) is 6.92. The molecule has 13 heavy (non-hydrogen) atoms. The van der Waals surface area contributed by atoms with Gasteiger partial charge in [0.1, 0.15) is 5.82 Å². The standard InChI is InChI=1S/C12H7F/c1-3-5-10(4-2)11-6-8-12(13)9-7-11/h1-2,5-9H/b10-5+. The summed E-state index contributed by atoms with van der Waals surface area (Å²) in [6.45, 7) is 0. The van der Waals surface area contributed by atoms with Gasteiger partial charge in [0, 0.05) is 11.6 Å². The zero-order chi connectivity index (χ0) is 9.68. The molecule has 0 saturated carbocycles. The highest BCUT2D eigenvalue weighted by atomic mass is 19.1. The van der Waals surface area contributed by atoms with Crippen LogP contribution in [0.5, 0.6) is 0 Å². The fraction of sp³-hybridized carbons (Fsp3) is 0. The quantitative estimate of drug-likeness (QED) is 0.568. The third kappa shape index (κ3) is 2.22. The van der Waals surface area contributed by atoms with Gasteiger partial charge in [-0.1, -0.05) is 24.0 Å². The predicted octanol–water partition coefficient (Wildman–Crippen LogP) is 2.48. The molecule has 1 aromatic carbocycles. The van der Waals surface area contributed by atoms with Crippen LogP contribution in [0, 0.1) is 30.5 Å². The Balaban J connectivity index is 3.10. The van der Waals surface area contributed by atoms with Crippen molar-refractivity contribution >= 4 is 5.57 Å². The van der Waals surface area contributed by atoms with Gasteiger partial charge in [0.2, 0.25) is 0 Å². The average Bonchev–Trinajstić information content (AvgIpc) is 2.16. The maximum Gasteiger partial charge on any atom is 0.123 e. The molecule has 0 aliphatic carbocycles. The fourth-order valence-corrected chi connectivity index (χ4v) is 0.921. The Kier molecular flexibility index (Phi) is 2.90. The number of allylic oxidation sites excluding steroid dienone is 2. The third-order valence-electron chi connectivity index (χ3n) is 1.54. The van der Waals surface area contributed by atoms with Gasteiger partial charge in [0.15, 0.2) is 0 Å². The lowest BCUT2D eigenvalue weighted by molar-refractivity contribution is 0.627. The first kappa shape index (κ1) is 9.10. The summed E-state index contributed by atoms with van der Waals surface area (Å²) in [6.07, 6.45) is 11.8. The molecule has 0 radical (unpaired) electrons. The van der Waals surface area contributed by atoms with Crippen molar-refractivity contribution in [2.24, 2.45) is 0 Å². The second-order valence-corrected chi connectivity index (χ2v) is 2.38. The van der Waals surface area contributed by atoms with E-state index in [1.807, 2.05) is 0 Å². The molecule has 0 aliphatic heterocycles. The molecule has 0 saturated heterocycles. The molecular weight excluding hydrogens is 163 g/mol. The van der Waals surface area contributed by atoms with Crippen molar-refractivity contribution in [3.8, 4) is 24.7 Å².